The molecule has 1 heterocycles. The second-order valence-electron chi connectivity index (χ2n) is 5.17. The molecular weight excluding hydrogens is 296 g/mol. The summed E-state index contributed by atoms with van der Waals surface area (Å²) in [4.78, 5) is 36.9. The van der Waals surface area contributed by atoms with Gasteiger partial charge in [0.25, 0.3) is 5.91 Å². The largest absolute Gasteiger partial charge is 0.469 e. The predicted molar refractivity (Wildman–Crippen MR) is 86.1 cm³/mol. The zero-order valence-corrected chi connectivity index (χ0v) is 13.0. The van der Waals surface area contributed by atoms with Crippen LogP contribution in [-0.2, 0) is 9.53 Å². The fourth-order valence-electron chi connectivity index (χ4n) is 2.10. The van der Waals surface area contributed by atoms with E-state index in [-0.39, 0.29) is 29.9 Å². The minimum absolute atomic E-state index is 0.123. The van der Waals surface area contributed by atoms with Crippen LogP contribution in [-0.4, -0.2) is 30.0 Å². The Hall–Kier alpha value is -2.89. The Morgan fingerprint density at radius 2 is 1.78 bits per heavy atom. The number of ether oxygens (including phenoxy) is 1. The van der Waals surface area contributed by atoms with Crippen LogP contribution in [0.1, 0.15) is 23.7 Å². The fourth-order valence-corrected chi connectivity index (χ4v) is 2.10. The van der Waals surface area contributed by atoms with E-state index in [1.165, 1.54) is 13.2 Å². The summed E-state index contributed by atoms with van der Waals surface area (Å²) in [5, 5.41) is 2.74. The summed E-state index contributed by atoms with van der Waals surface area (Å²) in [6, 6.07) is 9.84. The van der Waals surface area contributed by atoms with E-state index in [2.05, 4.69) is 15.0 Å². The topological polar surface area (TPSA) is 88.3 Å². The van der Waals surface area contributed by atoms with Crippen molar-refractivity contribution in [3.05, 3.63) is 58.5 Å². The molecule has 0 aliphatic carbocycles. The number of H-pyrrole nitrogens is 1. The summed E-state index contributed by atoms with van der Waals surface area (Å²) in [5.74, 6) is -0.624. The van der Waals surface area contributed by atoms with Crippen molar-refractivity contribution in [2.45, 2.75) is 19.4 Å². The van der Waals surface area contributed by atoms with Crippen molar-refractivity contribution in [3.63, 3.8) is 0 Å². The molecule has 0 aliphatic rings. The van der Waals surface area contributed by atoms with Gasteiger partial charge < -0.3 is 15.0 Å². The van der Waals surface area contributed by atoms with E-state index in [4.69, 9.17) is 0 Å². The van der Waals surface area contributed by atoms with Gasteiger partial charge >= 0.3 is 5.97 Å². The van der Waals surface area contributed by atoms with E-state index in [9.17, 15) is 14.4 Å². The van der Waals surface area contributed by atoms with Gasteiger partial charge in [0.1, 0.15) is 0 Å². The molecule has 0 saturated heterocycles. The van der Waals surface area contributed by atoms with Gasteiger partial charge in [0.2, 0.25) is 5.56 Å². The summed E-state index contributed by atoms with van der Waals surface area (Å²) >= 11 is 0. The van der Waals surface area contributed by atoms with Crippen molar-refractivity contribution in [3.8, 4) is 11.1 Å². The van der Waals surface area contributed by atoms with Crippen molar-refractivity contribution >= 4 is 11.9 Å². The number of hydrogen-bond acceptors (Lipinski definition) is 4. The lowest BCUT2D eigenvalue weighted by Gasteiger charge is -2.12. The lowest BCUT2D eigenvalue weighted by molar-refractivity contribution is -0.141. The van der Waals surface area contributed by atoms with Crippen LogP contribution < -0.4 is 10.9 Å². The van der Waals surface area contributed by atoms with Gasteiger partial charge in [0.05, 0.1) is 13.5 Å². The molecule has 6 heteroatoms. The maximum absolute atomic E-state index is 12.1. The van der Waals surface area contributed by atoms with Gasteiger partial charge in [-0.15, -0.1) is 0 Å². The number of aromatic amines is 1. The first-order valence-corrected chi connectivity index (χ1v) is 7.16. The Balaban J connectivity index is 2.04. The van der Waals surface area contributed by atoms with Crippen molar-refractivity contribution in [2.75, 3.05) is 7.11 Å². The first-order chi connectivity index (χ1) is 11.0. The number of carbonyl (C=O) groups is 2. The number of nitrogens with one attached hydrogen (secondary N) is 2. The maximum Gasteiger partial charge on any atom is 0.307 e. The van der Waals surface area contributed by atoms with Gasteiger partial charge in [0, 0.05) is 23.9 Å². The van der Waals surface area contributed by atoms with Crippen LogP contribution in [0, 0.1) is 0 Å². The van der Waals surface area contributed by atoms with E-state index in [1.54, 1.807) is 43.5 Å². The van der Waals surface area contributed by atoms with Crippen LogP contribution in [0.3, 0.4) is 0 Å². The molecule has 1 amide bonds. The number of aromatic nitrogens is 1. The van der Waals surface area contributed by atoms with E-state index < -0.39 is 0 Å². The molecule has 2 aromatic rings. The molecule has 2 rings (SSSR count). The van der Waals surface area contributed by atoms with Crippen LogP contribution in [0.4, 0.5) is 0 Å². The average molecular weight is 314 g/mol. The van der Waals surface area contributed by atoms with Crippen molar-refractivity contribution in [1.29, 1.82) is 0 Å². The number of rotatable bonds is 5. The molecule has 0 radical (unpaired) electrons. The molecule has 0 spiro atoms. The molecule has 0 aliphatic heterocycles. The van der Waals surface area contributed by atoms with Gasteiger partial charge in [-0.05, 0) is 36.2 Å². The van der Waals surface area contributed by atoms with Crippen molar-refractivity contribution in [2.24, 2.45) is 0 Å². The zero-order chi connectivity index (χ0) is 16.8. The van der Waals surface area contributed by atoms with Gasteiger partial charge in [0.15, 0.2) is 0 Å². The van der Waals surface area contributed by atoms with Gasteiger partial charge in [-0.2, -0.15) is 0 Å². The van der Waals surface area contributed by atoms with Gasteiger partial charge in [-0.3, -0.25) is 14.4 Å². The maximum atomic E-state index is 12.1. The second-order valence-corrected chi connectivity index (χ2v) is 5.17. The third-order valence-corrected chi connectivity index (χ3v) is 3.34. The quantitative estimate of drug-likeness (QED) is 0.823. The third-order valence-electron chi connectivity index (χ3n) is 3.34. The van der Waals surface area contributed by atoms with Crippen molar-refractivity contribution < 1.29 is 14.3 Å². The van der Waals surface area contributed by atoms with Gasteiger partial charge in [-0.25, -0.2) is 0 Å². The Bertz CT molecular complexity index is 729. The minimum Gasteiger partial charge on any atom is -0.469 e. The van der Waals surface area contributed by atoms with Crippen LogP contribution in [0.15, 0.2) is 47.4 Å². The molecule has 1 atom stereocenters. The SMILES string of the molecule is COC(=O)CC(C)NC(=O)c1ccc(-c2ccc(=O)[nH]c2)cc1. The fraction of sp³-hybridized carbons (Fsp3) is 0.235. The standard InChI is InChI=1S/C17H18N2O4/c1-11(9-16(21)23-2)19-17(22)13-5-3-12(4-6-13)14-7-8-15(20)18-10-14/h3-8,10-11H,9H2,1-2H3,(H,18,20)(H,19,22). The number of hydrogen-bond donors (Lipinski definition) is 2. The lowest BCUT2D eigenvalue weighted by Crippen LogP contribution is -2.34. The molecule has 120 valence electrons. The third kappa shape index (κ3) is 4.54. The smallest absolute Gasteiger partial charge is 0.307 e. The number of methoxy groups -OCH3 is 1. The van der Waals surface area contributed by atoms with Crippen LogP contribution in [0.5, 0.6) is 0 Å². The molecule has 0 bridgehead atoms. The Kier molecular flexibility index (Phi) is 5.30. The first kappa shape index (κ1) is 16.5. The molecule has 23 heavy (non-hydrogen) atoms. The van der Waals surface area contributed by atoms with E-state index in [0.717, 1.165) is 11.1 Å². The summed E-state index contributed by atoms with van der Waals surface area (Å²) in [7, 11) is 1.31. The van der Waals surface area contributed by atoms with Crippen molar-refractivity contribution in [1.82, 2.24) is 10.3 Å². The Labute approximate surface area is 133 Å². The molecular formula is C17H18N2O4. The molecule has 0 fully saturated rings. The lowest BCUT2D eigenvalue weighted by atomic mass is 10.1. The highest BCUT2D eigenvalue weighted by molar-refractivity contribution is 5.95. The number of amides is 1. The van der Waals surface area contributed by atoms with Gasteiger partial charge in [-0.1, -0.05) is 12.1 Å². The predicted octanol–water partition coefficient (Wildman–Crippen LogP) is 1.72. The molecule has 1 unspecified atom stereocenters. The molecule has 2 N–H and O–H groups in total. The van der Waals surface area contributed by atoms with Crippen LogP contribution in [0.2, 0.25) is 0 Å². The Morgan fingerprint density at radius 1 is 1.13 bits per heavy atom. The second kappa shape index (κ2) is 7.40. The number of esters is 1. The number of benzene rings is 1. The van der Waals surface area contributed by atoms with Crippen LogP contribution >= 0.6 is 0 Å². The highest BCUT2D eigenvalue weighted by Gasteiger charge is 2.13. The number of pyridine rings is 1. The van der Waals surface area contributed by atoms with E-state index >= 15 is 0 Å². The molecule has 0 saturated carbocycles. The average Bonchev–Trinajstić information content (AvgIpc) is 2.55. The summed E-state index contributed by atoms with van der Waals surface area (Å²) in [6.07, 6.45) is 1.74. The summed E-state index contributed by atoms with van der Waals surface area (Å²) in [6.45, 7) is 1.74. The molecule has 6 nitrogen and oxygen atoms in total. The van der Waals surface area contributed by atoms with E-state index in [1.807, 2.05) is 0 Å². The van der Waals surface area contributed by atoms with E-state index in [0.29, 0.717) is 5.56 Å². The highest BCUT2D eigenvalue weighted by atomic mass is 16.5. The summed E-state index contributed by atoms with van der Waals surface area (Å²) in [5.41, 5.74) is 2.08. The highest BCUT2D eigenvalue weighted by Crippen LogP contribution is 2.17. The monoisotopic (exact) mass is 314 g/mol. The molecule has 1 aromatic carbocycles. The zero-order valence-electron chi connectivity index (χ0n) is 13.0. The summed E-state index contributed by atoms with van der Waals surface area (Å²) < 4.78 is 4.57. The first-order valence-electron chi connectivity index (χ1n) is 7.16. The minimum atomic E-state index is -0.369. The number of carbonyl (C=O) groups excluding carboxylic acids is 2. The van der Waals surface area contributed by atoms with Crippen LogP contribution in [0.25, 0.3) is 11.1 Å². The normalized spacial score (nSPS) is 11.6. The molecule has 1 aromatic heterocycles. The Morgan fingerprint density at radius 3 is 2.35 bits per heavy atom.